The van der Waals surface area contributed by atoms with E-state index < -0.39 is 24.8 Å². The molecule has 0 heterocycles. The number of ether oxygens (including phenoxy) is 1. The average Bonchev–Trinajstić information content (AvgIpc) is 2.79. The standard InChI is InChI=1S/C27H50O5/c1-3-5-7-8-9-10-11-12-13-14-15-16-17-18-20-22-26(30)32-25(23-28)27(31)24(29)21-19-6-4-2/h12-13,25,27-28,31H,3-11,14-23H2,1-2H3/b13-12-. The highest BCUT2D eigenvalue weighted by atomic mass is 16.6. The molecule has 0 aliphatic rings. The number of ketones is 1. The van der Waals surface area contributed by atoms with Crippen LogP contribution in [-0.2, 0) is 14.3 Å². The summed E-state index contributed by atoms with van der Waals surface area (Å²) in [5.74, 6) is -0.826. The van der Waals surface area contributed by atoms with Gasteiger partial charge in [0.1, 0.15) is 0 Å². The summed E-state index contributed by atoms with van der Waals surface area (Å²) in [6, 6.07) is 0. The molecule has 188 valence electrons. The molecule has 0 aromatic carbocycles. The lowest BCUT2D eigenvalue weighted by Crippen LogP contribution is -2.40. The third-order valence-corrected chi connectivity index (χ3v) is 5.81. The second kappa shape index (κ2) is 23.0. The number of hydrogen-bond acceptors (Lipinski definition) is 5. The van der Waals surface area contributed by atoms with Crippen LogP contribution in [-0.4, -0.2) is 40.8 Å². The molecule has 0 bridgehead atoms. The maximum absolute atomic E-state index is 12.0. The molecular weight excluding hydrogens is 404 g/mol. The SMILES string of the molecule is CCCCCCCC/C=C\CCCCCCCC(=O)OC(CO)C(O)C(=O)CCCCC. The third kappa shape index (κ3) is 18.4. The van der Waals surface area contributed by atoms with Gasteiger partial charge in [-0.25, -0.2) is 0 Å². The van der Waals surface area contributed by atoms with Crippen molar-refractivity contribution in [1.29, 1.82) is 0 Å². The highest BCUT2D eigenvalue weighted by molar-refractivity contribution is 5.83. The minimum atomic E-state index is -1.44. The second-order valence-electron chi connectivity index (χ2n) is 8.91. The van der Waals surface area contributed by atoms with Crippen LogP contribution in [0.1, 0.15) is 129 Å². The van der Waals surface area contributed by atoms with E-state index in [1.54, 1.807) is 0 Å². The molecule has 0 saturated heterocycles. The first-order valence-electron chi connectivity index (χ1n) is 13.2. The van der Waals surface area contributed by atoms with Crippen LogP contribution in [0.4, 0.5) is 0 Å². The number of Topliss-reactive ketones (excluding diaryl/α,β-unsaturated/α-hetero) is 1. The van der Waals surface area contributed by atoms with Crippen molar-refractivity contribution in [3.63, 3.8) is 0 Å². The van der Waals surface area contributed by atoms with Gasteiger partial charge in [-0.2, -0.15) is 0 Å². The molecule has 0 spiro atoms. The fourth-order valence-electron chi connectivity index (χ4n) is 3.67. The topological polar surface area (TPSA) is 83.8 Å². The lowest BCUT2D eigenvalue weighted by atomic mass is 10.0. The summed E-state index contributed by atoms with van der Waals surface area (Å²) < 4.78 is 5.14. The highest BCUT2D eigenvalue weighted by Crippen LogP contribution is 2.12. The summed E-state index contributed by atoms with van der Waals surface area (Å²) in [5.41, 5.74) is 0. The molecular formula is C27H50O5. The van der Waals surface area contributed by atoms with Gasteiger partial charge in [-0.05, 0) is 38.5 Å². The van der Waals surface area contributed by atoms with Crippen LogP contribution in [0.5, 0.6) is 0 Å². The molecule has 2 unspecified atom stereocenters. The number of carbonyl (C=O) groups excluding carboxylic acids is 2. The van der Waals surface area contributed by atoms with Crippen molar-refractivity contribution in [1.82, 2.24) is 0 Å². The minimum Gasteiger partial charge on any atom is -0.457 e. The first-order valence-corrected chi connectivity index (χ1v) is 13.2. The summed E-state index contributed by atoms with van der Waals surface area (Å²) in [4.78, 5) is 23.9. The zero-order valence-electron chi connectivity index (χ0n) is 20.9. The van der Waals surface area contributed by atoms with Gasteiger partial charge in [-0.3, -0.25) is 9.59 Å². The van der Waals surface area contributed by atoms with Crippen LogP contribution < -0.4 is 0 Å². The van der Waals surface area contributed by atoms with E-state index >= 15 is 0 Å². The van der Waals surface area contributed by atoms with E-state index in [1.807, 2.05) is 6.92 Å². The lowest BCUT2D eigenvalue weighted by Gasteiger charge is -2.20. The molecule has 2 atom stereocenters. The maximum Gasteiger partial charge on any atom is 0.306 e. The molecule has 0 saturated carbocycles. The van der Waals surface area contributed by atoms with Gasteiger partial charge < -0.3 is 14.9 Å². The molecule has 0 fully saturated rings. The monoisotopic (exact) mass is 454 g/mol. The van der Waals surface area contributed by atoms with Gasteiger partial charge >= 0.3 is 5.97 Å². The lowest BCUT2D eigenvalue weighted by molar-refractivity contribution is -0.161. The van der Waals surface area contributed by atoms with E-state index in [-0.39, 0.29) is 18.6 Å². The van der Waals surface area contributed by atoms with Gasteiger partial charge in [0.05, 0.1) is 6.61 Å². The molecule has 0 aromatic heterocycles. The van der Waals surface area contributed by atoms with Gasteiger partial charge in [0, 0.05) is 12.8 Å². The number of allylic oxidation sites excluding steroid dienone is 2. The van der Waals surface area contributed by atoms with Crippen molar-refractivity contribution in [3.05, 3.63) is 12.2 Å². The van der Waals surface area contributed by atoms with Gasteiger partial charge in [0.2, 0.25) is 0 Å². The molecule has 0 aliphatic heterocycles. The van der Waals surface area contributed by atoms with Crippen LogP contribution >= 0.6 is 0 Å². The minimum absolute atomic E-state index is 0.247. The number of unbranched alkanes of at least 4 members (excludes halogenated alkanes) is 13. The van der Waals surface area contributed by atoms with Crippen molar-refractivity contribution < 1.29 is 24.5 Å². The first-order chi connectivity index (χ1) is 15.6. The fraction of sp³-hybridized carbons (Fsp3) is 0.852. The molecule has 2 N–H and O–H groups in total. The molecule has 32 heavy (non-hydrogen) atoms. The highest BCUT2D eigenvalue weighted by Gasteiger charge is 2.28. The van der Waals surface area contributed by atoms with E-state index in [0.717, 1.165) is 44.9 Å². The predicted molar refractivity (Wildman–Crippen MR) is 132 cm³/mol. The Morgan fingerprint density at radius 3 is 1.75 bits per heavy atom. The Balaban J connectivity index is 3.69. The van der Waals surface area contributed by atoms with E-state index in [1.165, 1.54) is 51.4 Å². The second-order valence-corrected chi connectivity index (χ2v) is 8.91. The Bertz CT molecular complexity index is 475. The van der Waals surface area contributed by atoms with E-state index in [0.29, 0.717) is 6.42 Å². The Labute approximate surface area is 197 Å². The normalized spacial score (nSPS) is 13.4. The Morgan fingerprint density at radius 1 is 0.719 bits per heavy atom. The summed E-state index contributed by atoms with van der Waals surface area (Å²) in [7, 11) is 0. The smallest absolute Gasteiger partial charge is 0.306 e. The largest absolute Gasteiger partial charge is 0.457 e. The number of carbonyl (C=O) groups is 2. The maximum atomic E-state index is 12.0. The summed E-state index contributed by atoms with van der Waals surface area (Å²) >= 11 is 0. The van der Waals surface area contributed by atoms with Gasteiger partial charge in [0.25, 0.3) is 0 Å². The first kappa shape index (κ1) is 30.8. The van der Waals surface area contributed by atoms with Crippen LogP contribution in [0.25, 0.3) is 0 Å². The Kier molecular flexibility index (Phi) is 22.1. The molecule has 0 rings (SSSR count). The van der Waals surface area contributed by atoms with Gasteiger partial charge in [-0.15, -0.1) is 0 Å². The fourth-order valence-corrected chi connectivity index (χ4v) is 3.67. The van der Waals surface area contributed by atoms with Crippen LogP contribution in [0.3, 0.4) is 0 Å². The number of rotatable bonds is 23. The molecule has 0 radical (unpaired) electrons. The predicted octanol–water partition coefficient (Wildman–Crippen LogP) is 6.44. The van der Waals surface area contributed by atoms with Crippen molar-refractivity contribution >= 4 is 11.8 Å². The van der Waals surface area contributed by atoms with Crippen molar-refractivity contribution in [3.8, 4) is 0 Å². The average molecular weight is 455 g/mol. The summed E-state index contributed by atoms with van der Waals surface area (Å²) in [5, 5.41) is 19.4. The van der Waals surface area contributed by atoms with E-state index in [4.69, 9.17) is 4.74 Å². The zero-order chi connectivity index (χ0) is 23.9. The Morgan fingerprint density at radius 2 is 1.19 bits per heavy atom. The van der Waals surface area contributed by atoms with Crippen LogP contribution in [0.15, 0.2) is 12.2 Å². The number of aliphatic hydroxyl groups excluding tert-OH is 2. The van der Waals surface area contributed by atoms with Crippen molar-refractivity contribution in [2.75, 3.05) is 6.61 Å². The number of hydrogen-bond donors (Lipinski definition) is 2. The number of aliphatic hydroxyl groups is 2. The van der Waals surface area contributed by atoms with E-state index in [9.17, 15) is 19.8 Å². The van der Waals surface area contributed by atoms with Crippen LogP contribution in [0, 0.1) is 0 Å². The molecule has 0 aliphatic carbocycles. The van der Waals surface area contributed by atoms with E-state index in [2.05, 4.69) is 19.1 Å². The summed E-state index contributed by atoms with van der Waals surface area (Å²) in [6.07, 6.45) is 20.6. The number of esters is 1. The molecule has 5 heteroatoms. The third-order valence-electron chi connectivity index (χ3n) is 5.81. The Hall–Kier alpha value is -1.20. The van der Waals surface area contributed by atoms with Gasteiger partial charge in [-0.1, -0.05) is 90.2 Å². The van der Waals surface area contributed by atoms with Gasteiger partial charge in [0.15, 0.2) is 18.0 Å². The van der Waals surface area contributed by atoms with Crippen molar-refractivity contribution in [2.45, 2.75) is 142 Å². The molecule has 0 amide bonds. The van der Waals surface area contributed by atoms with Crippen LogP contribution in [0.2, 0.25) is 0 Å². The molecule has 0 aromatic rings. The quantitative estimate of drug-likeness (QED) is 0.105. The van der Waals surface area contributed by atoms with Crippen molar-refractivity contribution in [2.24, 2.45) is 0 Å². The summed E-state index contributed by atoms with van der Waals surface area (Å²) in [6.45, 7) is 3.74. The molecule has 5 nitrogen and oxygen atoms in total. The zero-order valence-corrected chi connectivity index (χ0v) is 20.9.